The Morgan fingerprint density at radius 3 is 2.74 bits per heavy atom. The maximum Gasteiger partial charge on any atom is 0.248 e. The van der Waals surface area contributed by atoms with Crippen molar-refractivity contribution in [2.24, 2.45) is 0 Å². The maximum absolute atomic E-state index is 11.9. The van der Waals surface area contributed by atoms with Gasteiger partial charge in [-0.3, -0.25) is 4.79 Å². The first-order chi connectivity index (χ1) is 11.2. The Labute approximate surface area is 134 Å². The molecule has 0 atom stereocenters. The highest BCUT2D eigenvalue weighted by atomic mass is 16.7. The molecule has 0 unspecified atom stereocenters. The van der Waals surface area contributed by atoms with Crippen LogP contribution in [-0.4, -0.2) is 19.3 Å². The molecule has 23 heavy (non-hydrogen) atoms. The van der Waals surface area contributed by atoms with Crippen molar-refractivity contribution in [1.29, 1.82) is 0 Å². The van der Waals surface area contributed by atoms with Crippen LogP contribution in [-0.2, 0) is 4.79 Å². The van der Waals surface area contributed by atoms with E-state index in [0.717, 1.165) is 17.1 Å². The summed E-state index contributed by atoms with van der Waals surface area (Å²) in [5.41, 5.74) is 1.59. The number of fused-ring (bicyclic) bond motifs is 1. The van der Waals surface area contributed by atoms with Gasteiger partial charge >= 0.3 is 0 Å². The van der Waals surface area contributed by atoms with Gasteiger partial charge < -0.3 is 19.5 Å². The number of ether oxygens (including phenoxy) is 3. The molecule has 1 heterocycles. The molecule has 2 aromatic rings. The van der Waals surface area contributed by atoms with E-state index in [1.165, 1.54) is 6.08 Å². The lowest BCUT2D eigenvalue weighted by atomic mass is 10.2. The van der Waals surface area contributed by atoms with Crippen molar-refractivity contribution in [3.63, 3.8) is 0 Å². The largest absolute Gasteiger partial charge is 0.494 e. The summed E-state index contributed by atoms with van der Waals surface area (Å²) in [5, 5.41) is 2.80. The smallest absolute Gasteiger partial charge is 0.248 e. The number of carbonyl (C=O) groups is 1. The van der Waals surface area contributed by atoms with Gasteiger partial charge in [0, 0.05) is 11.8 Å². The molecule has 1 aliphatic heterocycles. The van der Waals surface area contributed by atoms with Crippen molar-refractivity contribution in [2.75, 3.05) is 18.7 Å². The van der Waals surface area contributed by atoms with E-state index in [-0.39, 0.29) is 12.7 Å². The molecule has 3 rings (SSSR count). The van der Waals surface area contributed by atoms with Crippen molar-refractivity contribution >= 4 is 17.7 Å². The number of nitrogens with one attached hydrogen (secondary N) is 1. The number of hydrogen-bond acceptors (Lipinski definition) is 4. The van der Waals surface area contributed by atoms with Gasteiger partial charge in [0.1, 0.15) is 5.75 Å². The molecule has 0 saturated heterocycles. The average Bonchev–Trinajstić information content (AvgIpc) is 3.03. The summed E-state index contributed by atoms with van der Waals surface area (Å²) in [6.07, 6.45) is 3.21. The molecule has 0 saturated carbocycles. The van der Waals surface area contributed by atoms with Crippen molar-refractivity contribution < 1.29 is 19.0 Å². The van der Waals surface area contributed by atoms with E-state index in [2.05, 4.69) is 5.32 Å². The first-order valence-corrected chi connectivity index (χ1v) is 7.36. The number of anilines is 1. The molecule has 0 fully saturated rings. The molecule has 118 valence electrons. The zero-order valence-corrected chi connectivity index (χ0v) is 12.7. The topological polar surface area (TPSA) is 56.8 Å². The van der Waals surface area contributed by atoms with Gasteiger partial charge in [-0.05, 0) is 55.0 Å². The minimum Gasteiger partial charge on any atom is -0.494 e. The second-order valence-corrected chi connectivity index (χ2v) is 4.89. The van der Waals surface area contributed by atoms with Crippen molar-refractivity contribution in [3.8, 4) is 17.2 Å². The molecule has 1 aliphatic rings. The highest BCUT2D eigenvalue weighted by molar-refractivity contribution is 6.01. The highest BCUT2D eigenvalue weighted by Gasteiger charge is 2.12. The standard InChI is InChI=1S/C18H17NO4/c1-2-21-15-7-5-14(6-8-15)19-18(20)10-4-13-3-9-16-17(11-13)23-12-22-16/h3-11H,2,12H2,1H3,(H,19,20). The summed E-state index contributed by atoms with van der Waals surface area (Å²) >= 11 is 0. The predicted molar refractivity (Wildman–Crippen MR) is 87.8 cm³/mol. The minimum absolute atomic E-state index is 0.202. The van der Waals surface area contributed by atoms with Crippen LogP contribution in [0.15, 0.2) is 48.5 Å². The Morgan fingerprint density at radius 2 is 1.96 bits per heavy atom. The van der Waals surface area contributed by atoms with Crippen molar-refractivity contribution in [1.82, 2.24) is 0 Å². The minimum atomic E-state index is -0.202. The number of rotatable bonds is 5. The average molecular weight is 311 g/mol. The molecule has 0 spiro atoms. The van der Waals surface area contributed by atoms with Crippen molar-refractivity contribution in [3.05, 3.63) is 54.1 Å². The van der Waals surface area contributed by atoms with Crippen LogP contribution in [0.2, 0.25) is 0 Å². The second-order valence-electron chi connectivity index (χ2n) is 4.89. The molecule has 5 heteroatoms. The zero-order chi connectivity index (χ0) is 16.1. The third kappa shape index (κ3) is 3.83. The Balaban J connectivity index is 1.60. The fraction of sp³-hybridized carbons (Fsp3) is 0.167. The fourth-order valence-corrected chi connectivity index (χ4v) is 2.17. The van der Waals surface area contributed by atoms with Gasteiger partial charge in [-0.15, -0.1) is 0 Å². The molecule has 0 aliphatic carbocycles. The Hall–Kier alpha value is -2.95. The van der Waals surface area contributed by atoms with Gasteiger partial charge in [0.15, 0.2) is 11.5 Å². The summed E-state index contributed by atoms with van der Waals surface area (Å²) in [6.45, 7) is 2.78. The molecular weight excluding hydrogens is 294 g/mol. The van der Waals surface area contributed by atoms with E-state index in [1.807, 2.05) is 37.3 Å². The Bertz CT molecular complexity index is 722. The maximum atomic E-state index is 11.9. The van der Waals surface area contributed by atoms with Gasteiger partial charge in [0.2, 0.25) is 12.7 Å². The fourth-order valence-electron chi connectivity index (χ4n) is 2.17. The van der Waals surface area contributed by atoms with E-state index in [4.69, 9.17) is 14.2 Å². The number of amides is 1. The number of hydrogen-bond donors (Lipinski definition) is 1. The monoisotopic (exact) mass is 311 g/mol. The van der Waals surface area contributed by atoms with Crippen LogP contribution in [0.25, 0.3) is 6.08 Å². The lowest BCUT2D eigenvalue weighted by molar-refractivity contribution is -0.111. The molecule has 1 N–H and O–H groups in total. The molecular formula is C18H17NO4. The quantitative estimate of drug-likeness (QED) is 0.859. The zero-order valence-electron chi connectivity index (χ0n) is 12.7. The normalized spacial score (nSPS) is 12.4. The van der Waals surface area contributed by atoms with E-state index in [9.17, 15) is 4.79 Å². The van der Waals surface area contributed by atoms with Crippen LogP contribution in [0.1, 0.15) is 12.5 Å². The summed E-state index contributed by atoms with van der Waals surface area (Å²) in [7, 11) is 0. The van der Waals surface area contributed by atoms with Crippen LogP contribution in [0.4, 0.5) is 5.69 Å². The summed E-state index contributed by atoms with van der Waals surface area (Å²) in [5.74, 6) is 1.99. The van der Waals surface area contributed by atoms with Crippen LogP contribution in [0.5, 0.6) is 17.2 Å². The van der Waals surface area contributed by atoms with E-state index < -0.39 is 0 Å². The first kappa shape index (κ1) is 15.0. The second kappa shape index (κ2) is 6.87. The van der Waals surface area contributed by atoms with Gasteiger partial charge in [-0.1, -0.05) is 6.07 Å². The Morgan fingerprint density at radius 1 is 1.17 bits per heavy atom. The summed E-state index contributed by atoms with van der Waals surface area (Å²) in [4.78, 5) is 11.9. The third-order valence-electron chi connectivity index (χ3n) is 3.26. The lowest BCUT2D eigenvalue weighted by Gasteiger charge is -2.05. The van der Waals surface area contributed by atoms with Gasteiger partial charge in [-0.2, -0.15) is 0 Å². The first-order valence-electron chi connectivity index (χ1n) is 7.36. The summed E-state index contributed by atoms with van der Waals surface area (Å²) < 4.78 is 15.9. The van der Waals surface area contributed by atoms with Crippen LogP contribution >= 0.6 is 0 Å². The van der Waals surface area contributed by atoms with Crippen LogP contribution in [0, 0.1) is 0 Å². The van der Waals surface area contributed by atoms with Crippen LogP contribution in [0.3, 0.4) is 0 Å². The predicted octanol–water partition coefficient (Wildman–Crippen LogP) is 3.47. The van der Waals surface area contributed by atoms with E-state index >= 15 is 0 Å². The molecule has 2 aromatic carbocycles. The van der Waals surface area contributed by atoms with Gasteiger partial charge in [0.05, 0.1) is 6.61 Å². The molecule has 0 bridgehead atoms. The van der Waals surface area contributed by atoms with Crippen LogP contribution < -0.4 is 19.5 Å². The Kier molecular flexibility index (Phi) is 4.47. The molecule has 0 radical (unpaired) electrons. The van der Waals surface area contributed by atoms with Gasteiger partial charge in [-0.25, -0.2) is 0 Å². The molecule has 1 amide bonds. The van der Waals surface area contributed by atoms with E-state index in [0.29, 0.717) is 18.0 Å². The summed E-state index contributed by atoms with van der Waals surface area (Å²) in [6, 6.07) is 12.8. The molecule has 5 nitrogen and oxygen atoms in total. The van der Waals surface area contributed by atoms with E-state index in [1.54, 1.807) is 18.2 Å². The lowest BCUT2D eigenvalue weighted by Crippen LogP contribution is -2.07. The highest BCUT2D eigenvalue weighted by Crippen LogP contribution is 2.32. The third-order valence-corrected chi connectivity index (χ3v) is 3.26. The van der Waals surface area contributed by atoms with Gasteiger partial charge in [0.25, 0.3) is 0 Å². The molecule has 0 aromatic heterocycles. The number of benzene rings is 2. The van der Waals surface area contributed by atoms with Crippen molar-refractivity contribution in [2.45, 2.75) is 6.92 Å². The SMILES string of the molecule is CCOc1ccc(NC(=O)C=Cc2ccc3c(c2)OCO3)cc1. The number of carbonyl (C=O) groups excluding carboxylic acids is 1.